The number of rotatable bonds is 8. The van der Waals surface area contributed by atoms with Gasteiger partial charge < -0.3 is 15.3 Å². The molecule has 0 saturated heterocycles. The van der Waals surface area contributed by atoms with Gasteiger partial charge in [0.1, 0.15) is 0 Å². The predicted molar refractivity (Wildman–Crippen MR) is 66.1 cm³/mol. The maximum Gasteiger partial charge on any atom is 0.0494 e. The van der Waals surface area contributed by atoms with E-state index in [2.05, 4.69) is 45.0 Å². The fraction of sp³-hybridized carbons (Fsp3) is 1.00. The van der Waals surface area contributed by atoms with E-state index in [0.717, 1.165) is 26.1 Å². The first kappa shape index (κ1) is 14.9. The van der Waals surface area contributed by atoms with Gasteiger partial charge in [-0.25, -0.2) is 0 Å². The van der Waals surface area contributed by atoms with Crippen molar-refractivity contribution in [1.29, 1.82) is 0 Å². The van der Waals surface area contributed by atoms with E-state index < -0.39 is 0 Å². The first-order chi connectivity index (χ1) is 6.89. The molecule has 0 saturated carbocycles. The highest BCUT2D eigenvalue weighted by molar-refractivity contribution is 4.70. The third-order valence-electron chi connectivity index (χ3n) is 2.78. The van der Waals surface area contributed by atoms with Gasteiger partial charge in [-0.15, -0.1) is 0 Å². The Morgan fingerprint density at radius 2 is 1.93 bits per heavy atom. The predicted octanol–water partition coefficient (Wildman–Crippen LogP) is 1.32. The molecule has 0 aliphatic heterocycles. The lowest BCUT2D eigenvalue weighted by molar-refractivity contribution is 0.156. The van der Waals surface area contributed by atoms with Gasteiger partial charge in [-0.3, -0.25) is 0 Å². The molecule has 92 valence electrons. The van der Waals surface area contributed by atoms with Crippen molar-refractivity contribution < 1.29 is 5.11 Å². The van der Waals surface area contributed by atoms with Crippen molar-refractivity contribution in [1.82, 2.24) is 10.2 Å². The molecule has 3 nitrogen and oxygen atoms in total. The quantitative estimate of drug-likeness (QED) is 0.601. The van der Waals surface area contributed by atoms with Crippen molar-refractivity contribution in [2.75, 3.05) is 33.3 Å². The molecule has 0 aromatic heterocycles. The second-order valence-electron chi connectivity index (χ2n) is 5.43. The van der Waals surface area contributed by atoms with Gasteiger partial charge in [0.2, 0.25) is 0 Å². The maximum absolute atomic E-state index is 9.06. The van der Waals surface area contributed by atoms with E-state index >= 15 is 0 Å². The van der Waals surface area contributed by atoms with Crippen LogP contribution in [0, 0.1) is 5.41 Å². The first-order valence-electron chi connectivity index (χ1n) is 5.91. The number of hydrogen-bond acceptors (Lipinski definition) is 3. The highest BCUT2D eigenvalue weighted by atomic mass is 16.3. The van der Waals surface area contributed by atoms with Crippen LogP contribution in [-0.2, 0) is 0 Å². The molecule has 0 spiro atoms. The van der Waals surface area contributed by atoms with E-state index in [1.54, 1.807) is 0 Å². The molecule has 0 aromatic carbocycles. The van der Waals surface area contributed by atoms with Crippen LogP contribution in [-0.4, -0.2) is 49.3 Å². The van der Waals surface area contributed by atoms with Crippen LogP contribution in [0.25, 0.3) is 0 Å². The summed E-state index contributed by atoms with van der Waals surface area (Å²) in [7, 11) is 2.16. The van der Waals surface area contributed by atoms with Crippen LogP contribution in [0.5, 0.6) is 0 Å². The molecule has 0 heterocycles. The average Bonchev–Trinajstić information content (AvgIpc) is 2.16. The number of aliphatic hydroxyl groups is 1. The van der Waals surface area contributed by atoms with Crippen molar-refractivity contribution in [3.8, 4) is 0 Å². The number of nitrogens with zero attached hydrogens (tertiary/aromatic N) is 1. The van der Waals surface area contributed by atoms with Gasteiger partial charge in [-0.1, -0.05) is 13.8 Å². The zero-order valence-electron chi connectivity index (χ0n) is 11.0. The summed E-state index contributed by atoms with van der Waals surface area (Å²) in [6.07, 6.45) is 1.16. The molecule has 0 radical (unpaired) electrons. The largest absolute Gasteiger partial charge is 0.396 e. The maximum atomic E-state index is 9.06. The first-order valence-corrected chi connectivity index (χ1v) is 5.91. The molecule has 0 bridgehead atoms. The number of aliphatic hydroxyl groups excluding tert-OH is 1. The molecule has 0 atom stereocenters. The van der Waals surface area contributed by atoms with Crippen LogP contribution in [0.1, 0.15) is 34.1 Å². The minimum Gasteiger partial charge on any atom is -0.396 e. The standard InChI is InChI=1S/C12H28N2O/c1-11(2)14(5)8-6-7-13-9-12(3,4)10-15/h11,13,15H,6-10H2,1-5H3. The minimum atomic E-state index is 0.00392. The van der Waals surface area contributed by atoms with Crippen LogP contribution in [0.15, 0.2) is 0 Å². The highest BCUT2D eigenvalue weighted by Gasteiger charge is 2.15. The van der Waals surface area contributed by atoms with Crippen molar-refractivity contribution in [3.05, 3.63) is 0 Å². The summed E-state index contributed by atoms with van der Waals surface area (Å²) in [4.78, 5) is 2.35. The third kappa shape index (κ3) is 7.77. The van der Waals surface area contributed by atoms with Gasteiger partial charge in [0.15, 0.2) is 0 Å². The van der Waals surface area contributed by atoms with Gasteiger partial charge in [0.25, 0.3) is 0 Å². The summed E-state index contributed by atoms with van der Waals surface area (Å²) in [6, 6.07) is 0.624. The second kappa shape index (κ2) is 7.20. The SMILES string of the molecule is CC(C)N(C)CCCNCC(C)(C)CO. The van der Waals surface area contributed by atoms with Crippen molar-refractivity contribution in [3.63, 3.8) is 0 Å². The Bertz CT molecular complexity index is 158. The monoisotopic (exact) mass is 216 g/mol. The van der Waals surface area contributed by atoms with Crippen LogP contribution < -0.4 is 5.32 Å². The zero-order chi connectivity index (χ0) is 11.9. The van der Waals surface area contributed by atoms with Gasteiger partial charge in [0.05, 0.1) is 0 Å². The lowest BCUT2D eigenvalue weighted by Crippen LogP contribution is -2.34. The Balaban J connectivity index is 3.40. The second-order valence-corrected chi connectivity index (χ2v) is 5.43. The van der Waals surface area contributed by atoms with E-state index in [9.17, 15) is 0 Å². The fourth-order valence-electron chi connectivity index (χ4n) is 1.19. The molecule has 0 amide bonds. The molecule has 15 heavy (non-hydrogen) atoms. The van der Waals surface area contributed by atoms with Gasteiger partial charge in [-0.05, 0) is 40.4 Å². The molecular weight excluding hydrogens is 188 g/mol. The summed E-state index contributed by atoms with van der Waals surface area (Å²) in [5.41, 5.74) is 0.00392. The van der Waals surface area contributed by atoms with Gasteiger partial charge >= 0.3 is 0 Å². The van der Waals surface area contributed by atoms with E-state index in [1.807, 2.05) is 0 Å². The highest BCUT2D eigenvalue weighted by Crippen LogP contribution is 2.10. The smallest absolute Gasteiger partial charge is 0.0494 e. The Labute approximate surface area is 94.9 Å². The van der Waals surface area contributed by atoms with Crippen LogP contribution >= 0.6 is 0 Å². The van der Waals surface area contributed by atoms with Crippen LogP contribution in [0.4, 0.5) is 0 Å². The summed E-state index contributed by atoms with van der Waals surface area (Å²) in [5.74, 6) is 0. The van der Waals surface area contributed by atoms with Crippen molar-refractivity contribution in [2.45, 2.75) is 40.2 Å². The van der Waals surface area contributed by atoms with Crippen LogP contribution in [0.2, 0.25) is 0 Å². The van der Waals surface area contributed by atoms with E-state index in [0.29, 0.717) is 6.04 Å². The molecule has 0 aromatic rings. The summed E-state index contributed by atoms with van der Waals surface area (Å²) in [5, 5.41) is 12.4. The topological polar surface area (TPSA) is 35.5 Å². The van der Waals surface area contributed by atoms with Gasteiger partial charge in [-0.2, -0.15) is 0 Å². The summed E-state index contributed by atoms with van der Waals surface area (Å²) < 4.78 is 0. The summed E-state index contributed by atoms with van der Waals surface area (Å²) >= 11 is 0. The molecule has 0 fully saturated rings. The van der Waals surface area contributed by atoms with E-state index in [1.165, 1.54) is 0 Å². The Morgan fingerprint density at radius 3 is 2.40 bits per heavy atom. The molecule has 0 unspecified atom stereocenters. The minimum absolute atomic E-state index is 0.00392. The van der Waals surface area contributed by atoms with E-state index in [-0.39, 0.29) is 12.0 Å². The molecule has 3 heteroatoms. The lowest BCUT2D eigenvalue weighted by Gasteiger charge is -2.23. The zero-order valence-corrected chi connectivity index (χ0v) is 11.0. The molecule has 0 aliphatic rings. The Hall–Kier alpha value is -0.120. The van der Waals surface area contributed by atoms with Crippen molar-refractivity contribution >= 4 is 0 Å². The van der Waals surface area contributed by atoms with Gasteiger partial charge in [0, 0.05) is 24.6 Å². The van der Waals surface area contributed by atoms with Crippen LogP contribution in [0.3, 0.4) is 0 Å². The fourth-order valence-corrected chi connectivity index (χ4v) is 1.19. The lowest BCUT2D eigenvalue weighted by atomic mass is 9.95. The molecule has 0 aliphatic carbocycles. The van der Waals surface area contributed by atoms with E-state index in [4.69, 9.17) is 5.11 Å². The third-order valence-corrected chi connectivity index (χ3v) is 2.78. The molecule has 2 N–H and O–H groups in total. The molecular formula is C12H28N2O. The summed E-state index contributed by atoms with van der Waals surface area (Å²) in [6.45, 7) is 11.8. The van der Waals surface area contributed by atoms with Crippen molar-refractivity contribution in [2.24, 2.45) is 5.41 Å². The normalized spacial score (nSPS) is 12.8. The Kier molecular flexibility index (Phi) is 7.14. The number of hydrogen-bond donors (Lipinski definition) is 2. The number of nitrogens with one attached hydrogen (secondary N) is 1. The molecule has 0 rings (SSSR count). The Morgan fingerprint density at radius 1 is 1.33 bits per heavy atom. The average molecular weight is 216 g/mol.